The predicted molar refractivity (Wildman–Crippen MR) is 96.3 cm³/mol. The average molecular weight is 364 g/mol. The lowest BCUT2D eigenvalue weighted by atomic mass is 9.98. The number of benzene rings is 1. The zero-order valence-corrected chi connectivity index (χ0v) is 15.9. The molecule has 0 aliphatic carbocycles. The molecule has 1 aromatic rings. The third-order valence-corrected chi connectivity index (χ3v) is 3.38. The Morgan fingerprint density at radius 1 is 1.08 bits per heavy atom. The van der Waals surface area contributed by atoms with Crippen LogP contribution in [-0.2, 0) is 35.2 Å². The Kier molecular flexibility index (Phi) is 8.99. The number of hydrogen-bond donors (Lipinski definition) is 0. The van der Waals surface area contributed by atoms with Gasteiger partial charge in [-0.3, -0.25) is 14.4 Å². The summed E-state index contributed by atoms with van der Waals surface area (Å²) in [5, 5.41) is 0. The van der Waals surface area contributed by atoms with Gasteiger partial charge in [-0.1, -0.05) is 30.3 Å². The van der Waals surface area contributed by atoms with Crippen LogP contribution in [0.3, 0.4) is 0 Å². The Morgan fingerprint density at radius 2 is 1.73 bits per heavy atom. The molecule has 1 unspecified atom stereocenters. The standard InChI is InChI=1S/C20H28O6/c1-5-25-18(22)12-11-16(19(23)26-20(2,3)4)17(21)14-24-13-15-9-7-6-8-10-15/h6-10,16H,5,11-14H2,1-4H3. The number of esters is 2. The molecule has 0 amide bonds. The van der Waals surface area contributed by atoms with E-state index in [1.165, 1.54) is 0 Å². The number of carbonyl (C=O) groups excluding carboxylic acids is 3. The van der Waals surface area contributed by atoms with Crippen molar-refractivity contribution in [2.24, 2.45) is 5.92 Å². The van der Waals surface area contributed by atoms with Crippen LogP contribution < -0.4 is 0 Å². The average Bonchev–Trinajstić information content (AvgIpc) is 2.54. The molecule has 0 aliphatic rings. The summed E-state index contributed by atoms with van der Waals surface area (Å²) >= 11 is 0. The smallest absolute Gasteiger partial charge is 0.317 e. The molecule has 0 radical (unpaired) electrons. The molecule has 0 spiro atoms. The predicted octanol–water partition coefficient (Wildman–Crippen LogP) is 3.07. The molecule has 144 valence electrons. The van der Waals surface area contributed by atoms with Crippen molar-refractivity contribution in [3.63, 3.8) is 0 Å². The van der Waals surface area contributed by atoms with E-state index in [0.717, 1.165) is 5.56 Å². The fraction of sp³-hybridized carbons (Fsp3) is 0.550. The highest BCUT2D eigenvalue weighted by Gasteiger charge is 2.31. The summed E-state index contributed by atoms with van der Waals surface area (Å²) < 4.78 is 15.6. The van der Waals surface area contributed by atoms with E-state index >= 15 is 0 Å². The van der Waals surface area contributed by atoms with Crippen LogP contribution in [0.1, 0.15) is 46.1 Å². The third-order valence-electron chi connectivity index (χ3n) is 3.38. The van der Waals surface area contributed by atoms with E-state index < -0.39 is 29.2 Å². The van der Waals surface area contributed by atoms with Crippen molar-refractivity contribution in [3.8, 4) is 0 Å². The van der Waals surface area contributed by atoms with Crippen molar-refractivity contribution < 1.29 is 28.6 Å². The molecular weight excluding hydrogens is 336 g/mol. The fourth-order valence-corrected chi connectivity index (χ4v) is 2.22. The van der Waals surface area contributed by atoms with E-state index in [-0.39, 0.29) is 32.7 Å². The van der Waals surface area contributed by atoms with Crippen molar-refractivity contribution in [2.75, 3.05) is 13.2 Å². The van der Waals surface area contributed by atoms with Gasteiger partial charge in [0.2, 0.25) is 0 Å². The lowest BCUT2D eigenvalue weighted by molar-refractivity contribution is -0.163. The zero-order chi connectivity index (χ0) is 19.6. The van der Waals surface area contributed by atoms with Gasteiger partial charge in [0.1, 0.15) is 18.1 Å². The summed E-state index contributed by atoms with van der Waals surface area (Å²) in [5.74, 6) is -2.54. The summed E-state index contributed by atoms with van der Waals surface area (Å²) in [6.07, 6.45) is 0.0173. The van der Waals surface area contributed by atoms with E-state index in [2.05, 4.69) is 0 Å². The van der Waals surface area contributed by atoms with E-state index in [9.17, 15) is 14.4 Å². The second-order valence-electron chi connectivity index (χ2n) is 6.87. The van der Waals surface area contributed by atoms with Gasteiger partial charge in [-0.05, 0) is 39.7 Å². The quantitative estimate of drug-likeness (QED) is 0.469. The molecule has 0 saturated heterocycles. The molecule has 0 saturated carbocycles. The maximum Gasteiger partial charge on any atom is 0.317 e. The Morgan fingerprint density at radius 3 is 2.31 bits per heavy atom. The monoisotopic (exact) mass is 364 g/mol. The van der Waals surface area contributed by atoms with Crippen LogP contribution in [0.15, 0.2) is 30.3 Å². The maximum atomic E-state index is 12.5. The SMILES string of the molecule is CCOC(=O)CCC(C(=O)COCc1ccccc1)C(=O)OC(C)(C)C. The van der Waals surface area contributed by atoms with Gasteiger partial charge < -0.3 is 14.2 Å². The molecule has 0 fully saturated rings. The number of Topliss-reactive ketones (excluding diaryl/α,β-unsaturated/α-hetero) is 1. The van der Waals surface area contributed by atoms with E-state index in [1.54, 1.807) is 27.7 Å². The second kappa shape index (κ2) is 10.7. The Balaban J connectivity index is 2.64. The highest BCUT2D eigenvalue weighted by atomic mass is 16.6. The second-order valence-corrected chi connectivity index (χ2v) is 6.87. The van der Waals surface area contributed by atoms with Crippen LogP contribution in [-0.4, -0.2) is 36.5 Å². The van der Waals surface area contributed by atoms with Crippen LogP contribution >= 0.6 is 0 Å². The summed E-state index contributed by atoms with van der Waals surface area (Å²) in [4.78, 5) is 36.4. The van der Waals surface area contributed by atoms with Gasteiger partial charge in [-0.15, -0.1) is 0 Å². The van der Waals surface area contributed by atoms with Gasteiger partial charge in [-0.2, -0.15) is 0 Å². The topological polar surface area (TPSA) is 78.9 Å². The third kappa shape index (κ3) is 8.76. The maximum absolute atomic E-state index is 12.5. The molecule has 0 bridgehead atoms. The normalized spacial score (nSPS) is 12.3. The zero-order valence-electron chi connectivity index (χ0n) is 15.9. The van der Waals surface area contributed by atoms with Crippen LogP contribution in [0.4, 0.5) is 0 Å². The summed E-state index contributed by atoms with van der Waals surface area (Å²) in [5.41, 5.74) is 0.213. The highest BCUT2D eigenvalue weighted by Crippen LogP contribution is 2.17. The summed E-state index contributed by atoms with van der Waals surface area (Å²) in [6.45, 7) is 7.18. The first-order valence-corrected chi connectivity index (χ1v) is 8.75. The van der Waals surface area contributed by atoms with Gasteiger partial charge >= 0.3 is 11.9 Å². The van der Waals surface area contributed by atoms with E-state index in [4.69, 9.17) is 14.2 Å². The van der Waals surface area contributed by atoms with E-state index in [1.807, 2.05) is 30.3 Å². The van der Waals surface area contributed by atoms with Crippen LogP contribution in [0.5, 0.6) is 0 Å². The van der Waals surface area contributed by atoms with Crippen molar-refractivity contribution in [2.45, 2.75) is 52.7 Å². The summed E-state index contributed by atoms with van der Waals surface area (Å²) in [7, 11) is 0. The van der Waals surface area contributed by atoms with Crippen LogP contribution in [0.2, 0.25) is 0 Å². The number of hydrogen-bond acceptors (Lipinski definition) is 6. The highest BCUT2D eigenvalue weighted by molar-refractivity contribution is 6.00. The number of ketones is 1. The molecule has 0 N–H and O–H groups in total. The lowest BCUT2D eigenvalue weighted by Crippen LogP contribution is -2.35. The van der Waals surface area contributed by atoms with E-state index in [0.29, 0.717) is 0 Å². The first-order chi connectivity index (χ1) is 12.2. The molecule has 1 rings (SSSR count). The van der Waals surface area contributed by atoms with Crippen molar-refractivity contribution in [1.82, 2.24) is 0 Å². The van der Waals surface area contributed by atoms with Gasteiger partial charge in [0.05, 0.1) is 13.2 Å². The van der Waals surface area contributed by atoms with Gasteiger partial charge in [-0.25, -0.2) is 0 Å². The summed E-state index contributed by atoms with van der Waals surface area (Å²) in [6, 6.07) is 9.42. The number of carbonyl (C=O) groups is 3. The van der Waals surface area contributed by atoms with Crippen molar-refractivity contribution in [1.29, 1.82) is 0 Å². The molecular formula is C20H28O6. The lowest BCUT2D eigenvalue weighted by Gasteiger charge is -2.23. The first-order valence-electron chi connectivity index (χ1n) is 8.75. The van der Waals surface area contributed by atoms with Gasteiger partial charge in [0.15, 0.2) is 5.78 Å². The Hall–Kier alpha value is -2.21. The van der Waals surface area contributed by atoms with Crippen molar-refractivity contribution >= 4 is 17.7 Å². The number of rotatable bonds is 10. The molecule has 0 heterocycles. The van der Waals surface area contributed by atoms with Crippen LogP contribution in [0, 0.1) is 5.92 Å². The molecule has 0 aliphatic heterocycles. The van der Waals surface area contributed by atoms with Gasteiger partial charge in [0.25, 0.3) is 0 Å². The number of ether oxygens (including phenoxy) is 3. The molecule has 0 aromatic heterocycles. The minimum atomic E-state index is -1.05. The molecule has 1 aromatic carbocycles. The molecule has 26 heavy (non-hydrogen) atoms. The molecule has 6 nitrogen and oxygen atoms in total. The minimum absolute atomic E-state index is 0.0256. The largest absolute Gasteiger partial charge is 0.466 e. The molecule has 6 heteroatoms. The minimum Gasteiger partial charge on any atom is -0.466 e. The Labute approximate surface area is 154 Å². The first kappa shape index (κ1) is 21.8. The Bertz CT molecular complexity index is 588. The molecule has 1 atom stereocenters. The van der Waals surface area contributed by atoms with Gasteiger partial charge in [0, 0.05) is 6.42 Å². The van der Waals surface area contributed by atoms with Crippen LogP contribution in [0.25, 0.3) is 0 Å². The van der Waals surface area contributed by atoms with Crippen molar-refractivity contribution in [3.05, 3.63) is 35.9 Å². The fourth-order valence-electron chi connectivity index (χ4n) is 2.22.